The summed E-state index contributed by atoms with van der Waals surface area (Å²) >= 11 is 6.03. The van der Waals surface area contributed by atoms with E-state index in [-0.39, 0.29) is 0 Å². The number of rotatable bonds is 3. The number of aryl methyl sites for hydroxylation is 2. The van der Waals surface area contributed by atoms with Crippen LogP contribution in [0.1, 0.15) is 17.0 Å². The topological polar surface area (TPSA) is 43.8 Å². The van der Waals surface area contributed by atoms with E-state index in [9.17, 15) is 0 Å². The number of hydrogen-bond donors (Lipinski definition) is 1. The second-order valence-electron chi connectivity index (χ2n) is 4.16. The lowest BCUT2D eigenvalue weighted by atomic mass is 10.2. The Morgan fingerprint density at radius 3 is 2.76 bits per heavy atom. The van der Waals surface area contributed by atoms with Crippen molar-refractivity contribution in [3.05, 3.63) is 46.2 Å². The first kappa shape index (κ1) is 12.1. The molecule has 2 rings (SSSR count). The van der Waals surface area contributed by atoms with E-state index in [4.69, 9.17) is 17.3 Å². The zero-order valence-electron chi connectivity index (χ0n) is 10.1. The molecular formula is C13H16ClN3. The van der Waals surface area contributed by atoms with Gasteiger partial charge in [-0.3, -0.25) is 0 Å². The molecule has 0 aliphatic heterocycles. The van der Waals surface area contributed by atoms with E-state index >= 15 is 0 Å². The van der Waals surface area contributed by atoms with Gasteiger partial charge in [-0.05, 0) is 44.2 Å². The minimum Gasteiger partial charge on any atom is -0.330 e. The molecule has 0 radical (unpaired) electrons. The Bertz CT molecular complexity index is 531. The van der Waals surface area contributed by atoms with Crippen molar-refractivity contribution < 1.29 is 0 Å². The molecule has 0 fully saturated rings. The quantitative estimate of drug-likeness (QED) is 0.909. The van der Waals surface area contributed by atoms with Crippen LogP contribution in [-0.4, -0.2) is 16.3 Å². The highest BCUT2D eigenvalue weighted by molar-refractivity contribution is 6.30. The zero-order chi connectivity index (χ0) is 12.4. The summed E-state index contributed by atoms with van der Waals surface area (Å²) in [5.74, 6) is 0. The molecule has 0 aliphatic carbocycles. The van der Waals surface area contributed by atoms with Crippen molar-refractivity contribution >= 4 is 11.6 Å². The molecule has 1 aromatic heterocycles. The normalized spacial score (nSPS) is 10.8. The molecule has 2 N–H and O–H groups in total. The highest BCUT2D eigenvalue weighted by Crippen LogP contribution is 2.20. The predicted molar refractivity (Wildman–Crippen MR) is 70.8 cm³/mol. The average Bonchev–Trinajstić information content (AvgIpc) is 2.64. The highest BCUT2D eigenvalue weighted by atomic mass is 35.5. The molecule has 0 saturated carbocycles. The number of aromatic nitrogens is 2. The smallest absolute Gasteiger partial charge is 0.0692 e. The fourth-order valence-electron chi connectivity index (χ4n) is 1.86. The summed E-state index contributed by atoms with van der Waals surface area (Å²) in [6.45, 7) is 4.70. The van der Waals surface area contributed by atoms with Crippen molar-refractivity contribution in [1.29, 1.82) is 0 Å². The van der Waals surface area contributed by atoms with Gasteiger partial charge in [0.25, 0.3) is 0 Å². The molecule has 3 nitrogen and oxygen atoms in total. The maximum absolute atomic E-state index is 6.03. The lowest BCUT2D eigenvalue weighted by Crippen LogP contribution is -2.05. The molecule has 1 aromatic carbocycles. The number of halogens is 1. The molecule has 0 amide bonds. The Hall–Kier alpha value is -1.32. The summed E-state index contributed by atoms with van der Waals surface area (Å²) in [5.41, 5.74) is 9.84. The molecule has 17 heavy (non-hydrogen) atoms. The summed E-state index contributed by atoms with van der Waals surface area (Å²) in [5, 5.41) is 5.27. The first-order valence-corrected chi connectivity index (χ1v) is 6.01. The first-order valence-electron chi connectivity index (χ1n) is 5.64. The van der Waals surface area contributed by atoms with Crippen LogP contribution in [0.2, 0.25) is 5.02 Å². The highest BCUT2D eigenvalue weighted by Gasteiger charge is 2.08. The SMILES string of the molecule is Cc1ccc(Cl)cc1-n1nc(CCN)cc1C. The third kappa shape index (κ3) is 2.51. The van der Waals surface area contributed by atoms with E-state index in [0.717, 1.165) is 34.1 Å². The van der Waals surface area contributed by atoms with Gasteiger partial charge in [0.2, 0.25) is 0 Å². The van der Waals surface area contributed by atoms with Gasteiger partial charge in [0.05, 0.1) is 11.4 Å². The third-order valence-corrected chi connectivity index (χ3v) is 2.97. The van der Waals surface area contributed by atoms with E-state index in [1.165, 1.54) is 0 Å². The molecular weight excluding hydrogens is 234 g/mol. The van der Waals surface area contributed by atoms with E-state index in [0.29, 0.717) is 6.54 Å². The van der Waals surface area contributed by atoms with Crippen LogP contribution in [-0.2, 0) is 6.42 Å². The average molecular weight is 250 g/mol. The van der Waals surface area contributed by atoms with Crippen LogP contribution in [0.15, 0.2) is 24.3 Å². The fraction of sp³-hybridized carbons (Fsp3) is 0.308. The van der Waals surface area contributed by atoms with Crippen molar-refractivity contribution in [3.8, 4) is 5.69 Å². The van der Waals surface area contributed by atoms with Gasteiger partial charge in [-0.25, -0.2) is 4.68 Å². The molecule has 2 aromatic rings. The van der Waals surface area contributed by atoms with Crippen LogP contribution in [0.4, 0.5) is 0 Å². The minimum atomic E-state index is 0.616. The first-order chi connectivity index (χ1) is 8.11. The Kier molecular flexibility index (Phi) is 3.50. The Morgan fingerprint density at radius 2 is 2.06 bits per heavy atom. The van der Waals surface area contributed by atoms with Crippen molar-refractivity contribution in [2.75, 3.05) is 6.54 Å². The van der Waals surface area contributed by atoms with Crippen molar-refractivity contribution in [1.82, 2.24) is 9.78 Å². The summed E-state index contributed by atoms with van der Waals surface area (Å²) in [7, 11) is 0. The number of benzene rings is 1. The maximum Gasteiger partial charge on any atom is 0.0692 e. The lowest BCUT2D eigenvalue weighted by Gasteiger charge is -2.08. The van der Waals surface area contributed by atoms with Crippen molar-refractivity contribution in [3.63, 3.8) is 0 Å². The van der Waals surface area contributed by atoms with Crippen molar-refractivity contribution in [2.24, 2.45) is 5.73 Å². The molecule has 0 aliphatic rings. The zero-order valence-corrected chi connectivity index (χ0v) is 10.8. The summed E-state index contributed by atoms with van der Waals surface area (Å²) in [4.78, 5) is 0. The fourth-order valence-corrected chi connectivity index (χ4v) is 2.03. The van der Waals surface area contributed by atoms with Crippen LogP contribution in [0.3, 0.4) is 0 Å². The van der Waals surface area contributed by atoms with Gasteiger partial charge in [0.15, 0.2) is 0 Å². The number of hydrogen-bond acceptors (Lipinski definition) is 2. The molecule has 0 spiro atoms. The molecule has 1 heterocycles. The molecule has 0 bridgehead atoms. The van der Waals surface area contributed by atoms with Crippen LogP contribution in [0, 0.1) is 13.8 Å². The molecule has 90 valence electrons. The van der Waals surface area contributed by atoms with Gasteiger partial charge in [-0.15, -0.1) is 0 Å². The Morgan fingerprint density at radius 1 is 1.29 bits per heavy atom. The van der Waals surface area contributed by atoms with Crippen LogP contribution in [0.25, 0.3) is 5.69 Å². The molecule has 0 unspecified atom stereocenters. The van der Waals surface area contributed by atoms with Crippen LogP contribution >= 0.6 is 11.6 Å². The Balaban J connectivity index is 2.48. The van der Waals surface area contributed by atoms with Crippen LogP contribution in [0.5, 0.6) is 0 Å². The standard InChI is InChI=1S/C13H16ClN3/c1-9-3-4-11(14)8-13(9)17-10(2)7-12(16-17)5-6-15/h3-4,7-8H,5-6,15H2,1-2H3. The van der Waals surface area contributed by atoms with E-state index in [1.54, 1.807) is 0 Å². The minimum absolute atomic E-state index is 0.616. The predicted octanol–water partition coefficient (Wildman–Crippen LogP) is 2.64. The van der Waals surface area contributed by atoms with Crippen LogP contribution < -0.4 is 5.73 Å². The van der Waals surface area contributed by atoms with Gasteiger partial charge in [-0.1, -0.05) is 17.7 Å². The largest absolute Gasteiger partial charge is 0.330 e. The van der Waals surface area contributed by atoms with Gasteiger partial charge >= 0.3 is 0 Å². The summed E-state index contributed by atoms with van der Waals surface area (Å²) < 4.78 is 1.92. The van der Waals surface area contributed by atoms with Gasteiger partial charge in [0, 0.05) is 17.1 Å². The second kappa shape index (κ2) is 4.90. The summed E-state index contributed by atoms with van der Waals surface area (Å²) in [6.07, 6.45) is 0.799. The van der Waals surface area contributed by atoms with Gasteiger partial charge in [-0.2, -0.15) is 5.10 Å². The van der Waals surface area contributed by atoms with E-state index in [1.807, 2.05) is 29.8 Å². The Labute approximate surface area is 106 Å². The monoisotopic (exact) mass is 249 g/mol. The van der Waals surface area contributed by atoms with E-state index < -0.39 is 0 Å². The third-order valence-electron chi connectivity index (χ3n) is 2.74. The molecule has 0 atom stereocenters. The number of nitrogens with zero attached hydrogens (tertiary/aromatic N) is 2. The molecule has 0 saturated heterocycles. The van der Waals surface area contributed by atoms with Crippen molar-refractivity contribution in [2.45, 2.75) is 20.3 Å². The summed E-state index contributed by atoms with van der Waals surface area (Å²) in [6, 6.07) is 7.89. The molecule has 4 heteroatoms. The lowest BCUT2D eigenvalue weighted by molar-refractivity contribution is 0.800. The number of nitrogens with two attached hydrogens (primary N) is 1. The van der Waals surface area contributed by atoms with Gasteiger partial charge in [0.1, 0.15) is 0 Å². The second-order valence-corrected chi connectivity index (χ2v) is 4.59. The maximum atomic E-state index is 6.03. The van der Waals surface area contributed by atoms with E-state index in [2.05, 4.69) is 18.1 Å². The van der Waals surface area contributed by atoms with Gasteiger partial charge < -0.3 is 5.73 Å².